The summed E-state index contributed by atoms with van der Waals surface area (Å²) in [6.45, 7) is 3.37. The van der Waals surface area contributed by atoms with Crippen LogP contribution in [0.25, 0.3) is 0 Å². The lowest BCUT2D eigenvalue weighted by Gasteiger charge is -2.03. The molecular weight excluding hydrogens is 108 g/mol. The molecule has 8 heavy (non-hydrogen) atoms. The van der Waals surface area contributed by atoms with Gasteiger partial charge in [0.05, 0.1) is 0 Å². The molecular formula is C5H10O3. The summed E-state index contributed by atoms with van der Waals surface area (Å²) in [5.74, 6) is 0. The highest BCUT2D eigenvalue weighted by molar-refractivity contribution is 4.68. The van der Waals surface area contributed by atoms with Crippen molar-refractivity contribution in [2.45, 2.75) is 6.29 Å². The molecule has 0 aromatic heterocycles. The Kier molecular flexibility index (Phi) is 4.54. The summed E-state index contributed by atoms with van der Waals surface area (Å²) in [6, 6.07) is 0. The normalized spacial score (nSPS) is 13.2. The summed E-state index contributed by atoms with van der Waals surface area (Å²) in [4.78, 5) is 0. The zero-order valence-corrected chi connectivity index (χ0v) is 4.83. The number of hydrogen-bond donors (Lipinski definition) is 1. The zero-order valence-electron chi connectivity index (χ0n) is 4.83. The van der Waals surface area contributed by atoms with Crippen LogP contribution in [0.2, 0.25) is 0 Å². The van der Waals surface area contributed by atoms with Gasteiger partial charge in [0, 0.05) is 7.11 Å². The lowest BCUT2D eigenvalue weighted by molar-refractivity contribution is -0.135. The van der Waals surface area contributed by atoms with E-state index in [2.05, 4.69) is 16.1 Å². The van der Waals surface area contributed by atoms with Crippen LogP contribution in [0.4, 0.5) is 0 Å². The Bertz CT molecular complexity index is 62.7. The second kappa shape index (κ2) is 4.77. The molecule has 48 valence electrons. The van der Waals surface area contributed by atoms with Crippen LogP contribution in [0.1, 0.15) is 0 Å². The lowest BCUT2D eigenvalue weighted by Crippen LogP contribution is -2.09. The Morgan fingerprint density at radius 3 is 2.88 bits per heavy atom. The molecule has 3 heteroatoms. The van der Waals surface area contributed by atoms with E-state index in [1.54, 1.807) is 0 Å². The highest BCUT2D eigenvalue weighted by Gasteiger charge is 1.92. The van der Waals surface area contributed by atoms with Crippen LogP contribution in [0.5, 0.6) is 0 Å². The van der Waals surface area contributed by atoms with E-state index in [9.17, 15) is 0 Å². The quantitative estimate of drug-likeness (QED) is 0.420. The molecule has 0 bridgehead atoms. The van der Waals surface area contributed by atoms with Crippen molar-refractivity contribution in [1.82, 2.24) is 0 Å². The van der Waals surface area contributed by atoms with Crippen LogP contribution >= 0.6 is 0 Å². The van der Waals surface area contributed by atoms with Crippen LogP contribution in [0.3, 0.4) is 0 Å². The average molecular weight is 118 g/mol. The molecule has 0 heterocycles. The Balaban J connectivity index is 2.98. The minimum absolute atomic E-state index is 0.0905. The molecule has 0 aliphatic carbocycles. The summed E-state index contributed by atoms with van der Waals surface area (Å²) < 4.78 is 9.04. The first-order chi connectivity index (χ1) is 3.81. The number of aliphatic hydroxyl groups is 1. The molecule has 1 atom stereocenters. The van der Waals surface area contributed by atoms with Crippen LogP contribution in [0, 0.1) is 0 Å². The smallest absolute Gasteiger partial charge is 0.176 e. The first kappa shape index (κ1) is 7.62. The fraction of sp³-hybridized carbons (Fsp3) is 0.600. The number of methoxy groups -OCH3 is 1. The van der Waals surface area contributed by atoms with Gasteiger partial charge in [0.2, 0.25) is 0 Å². The van der Waals surface area contributed by atoms with Crippen molar-refractivity contribution in [3.8, 4) is 0 Å². The summed E-state index contributed by atoms with van der Waals surface area (Å²) in [5.41, 5.74) is 0. The Hall–Kier alpha value is -0.380. The molecule has 0 radical (unpaired) electrons. The van der Waals surface area contributed by atoms with E-state index in [0.717, 1.165) is 0 Å². The number of hydrogen-bond acceptors (Lipinski definition) is 3. The van der Waals surface area contributed by atoms with E-state index in [1.807, 2.05) is 0 Å². The van der Waals surface area contributed by atoms with E-state index in [1.165, 1.54) is 13.2 Å². The molecule has 0 amide bonds. The number of ether oxygens (including phenoxy) is 2. The van der Waals surface area contributed by atoms with Gasteiger partial charge < -0.3 is 14.6 Å². The second-order valence-electron chi connectivity index (χ2n) is 1.20. The minimum Gasteiger partial charge on any atom is -0.365 e. The molecule has 1 N–H and O–H groups in total. The molecule has 0 aromatic carbocycles. The van der Waals surface area contributed by atoms with Crippen molar-refractivity contribution in [3.05, 3.63) is 12.7 Å². The highest BCUT2D eigenvalue weighted by atomic mass is 16.7. The fourth-order valence-electron chi connectivity index (χ4n) is 0.206. The van der Waals surface area contributed by atoms with Gasteiger partial charge in [-0.25, -0.2) is 0 Å². The van der Waals surface area contributed by atoms with Gasteiger partial charge in [0.1, 0.15) is 6.79 Å². The van der Waals surface area contributed by atoms with Crippen LogP contribution < -0.4 is 0 Å². The van der Waals surface area contributed by atoms with E-state index in [4.69, 9.17) is 5.11 Å². The highest BCUT2D eigenvalue weighted by Crippen LogP contribution is 1.85. The molecule has 0 spiro atoms. The molecule has 3 nitrogen and oxygen atoms in total. The van der Waals surface area contributed by atoms with E-state index in [0.29, 0.717) is 0 Å². The number of rotatable bonds is 4. The lowest BCUT2D eigenvalue weighted by atomic mass is 10.6. The predicted molar refractivity (Wildman–Crippen MR) is 29.2 cm³/mol. The first-order valence-electron chi connectivity index (χ1n) is 2.22. The van der Waals surface area contributed by atoms with Crippen molar-refractivity contribution >= 4 is 0 Å². The first-order valence-corrected chi connectivity index (χ1v) is 2.22. The van der Waals surface area contributed by atoms with Gasteiger partial charge in [0.15, 0.2) is 6.29 Å². The molecule has 0 saturated carbocycles. The molecule has 0 aliphatic heterocycles. The number of aliphatic hydroxyl groups excluding tert-OH is 1. The summed E-state index contributed by atoms with van der Waals surface area (Å²) in [6.07, 6.45) is 0.369. The molecule has 0 fully saturated rings. The Morgan fingerprint density at radius 2 is 2.50 bits per heavy atom. The van der Waals surface area contributed by atoms with Crippen molar-refractivity contribution in [2.24, 2.45) is 0 Å². The van der Waals surface area contributed by atoms with Gasteiger partial charge in [-0.05, 0) is 6.08 Å². The summed E-state index contributed by atoms with van der Waals surface area (Å²) in [7, 11) is 1.48. The maximum Gasteiger partial charge on any atom is 0.176 e. The maximum absolute atomic E-state index is 8.57. The van der Waals surface area contributed by atoms with Gasteiger partial charge in [-0.2, -0.15) is 0 Å². The van der Waals surface area contributed by atoms with Crippen molar-refractivity contribution < 1.29 is 14.6 Å². The van der Waals surface area contributed by atoms with Crippen molar-refractivity contribution in [1.29, 1.82) is 0 Å². The van der Waals surface area contributed by atoms with E-state index in [-0.39, 0.29) is 6.79 Å². The third-order valence-corrected chi connectivity index (χ3v) is 0.558. The second-order valence-corrected chi connectivity index (χ2v) is 1.20. The third-order valence-electron chi connectivity index (χ3n) is 0.558. The minimum atomic E-state index is -0.907. The molecule has 0 aliphatic rings. The SMILES string of the molecule is C=CC(O)OCOC. The van der Waals surface area contributed by atoms with Gasteiger partial charge in [-0.15, -0.1) is 0 Å². The van der Waals surface area contributed by atoms with Crippen molar-refractivity contribution in [2.75, 3.05) is 13.9 Å². The van der Waals surface area contributed by atoms with Crippen LogP contribution in [-0.2, 0) is 9.47 Å². The Labute approximate surface area is 48.5 Å². The molecule has 1 unspecified atom stereocenters. The van der Waals surface area contributed by atoms with Gasteiger partial charge in [0.25, 0.3) is 0 Å². The van der Waals surface area contributed by atoms with E-state index >= 15 is 0 Å². The van der Waals surface area contributed by atoms with Crippen LogP contribution in [-0.4, -0.2) is 25.3 Å². The predicted octanol–water partition coefficient (Wildman–Crippen LogP) is 0.111. The van der Waals surface area contributed by atoms with Crippen molar-refractivity contribution in [3.63, 3.8) is 0 Å². The largest absolute Gasteiger partial charge is 0.365 e. The molecule has 0 rings (SSSR count). The zero-order chi connectivity index (χ0) is 6.41. The van der Waals surface area contributed by atoms with Gasteiger partial charge in [-0.3, -0.25) is 0 Å². The van der Waals surface area contributed by atoms with Crippen LogP contribution in [0.15, 0.2) is 12.7 Å². The van der Waals surface area contributed by atoms with Gasteiger partial charge in [-0.1, -0.05) is 6.58 Å². The summed E-state index contributed by atoms with van der Waals surface area (Å²) in [5, 5.41) is 8.57. The topological polar surface area (TPSA) is 38.7 Å². The maximum atomic E-state index is 8.57. The van der Waals surface area contributed by atoms with E-state index < -0.39 is 6.29 Å². The average Bonchev–Trinajstić information content (AvgIpc) is 1.83. The molecule has 0 saturated heterocycles. The summed E-state index contributed by atoms with van der Waals surface area (Å²) >= 11 is 0. The monoisotopic (exact) mass is 118 g/mol. The molecule has 0 aromatic rings. The van der Waals surface area contributed by atoms with Gasteiger partial charge >= 0.3 is 0 Å². The third kappa shape index (κ3) is 3.80. The fourth-order valence-corrected chi connectivity index (χ4v) is 0.206. The standard InChI is InChI=1S/C5H10O3/c1-3-5(6)8-4-7-2/h3,5-6H,1,4H2,2H3. The Morgan fingerprint density at radius 1 is 1.88 bits per heavy atom.